The average molecular weight is 296 g/mol. The Morgan fingerprint density at radius 3 is 2.37 bits per heavy atom. The largest absolute Gasteiger partial charge is 0.479 e. The second-order valence-corrected chi connectivity index (χ2v) is 5.47. The predicted molar refractivity (Wildman–Crippen MR) is 73.6 cm³/mol. The monoisotopic (exact) mass is 295 g/mol. The van der Waals surface area contributed by atoms with Crippen LogP contribution in [-0.4, -0.2) is 17.0 Å². The molecule has 1 amide bonds. The molecule has 0 unspecified atom stereocenters. The van der Waals surface area contributed by atoms with Gasteiger partial charge >= 0.3 is 5.97 Å². The molecule has 19 heavy (non-hydrogen) atoms. The second-order valence-electron chi connectivity index (χ2n) is 3.76. The molecule has 1 aromatic carbocycles. The maximum atomic E-state index is 11.9. The summed E-state index contributed by atoms with van der Waals surface area (Å²) < 4.78 is 0.483. The predicted octanol–water partition coefficient (Wildman–Crippen LogP) is 2.96. The fourth-order valence-electron chi connectivity index (χ4n) is 1.57. The SMILES string of the molecule is O=C(N[C@@H](C(=O)O)c1ccccc1)c1ccc(Cl)s1. The van der Waals surface area contributed by atoms with Gasteiger partial charge in [-0.25, -0.2) is 4.79 Å². The highest BCUT2D eigenvalue weighted by Gasteiger charge is 2.23. The molecule has 0 aliphatic heterocycles. The van der Waals surface area contributed by atoms with Gasteiger partial charge < -0.3 is 10.4 Å². The Hall–Kier alpha value is -1.85. The van der Waals surface area contributed by atoms with Crippen molar-refractivity contribution in [3.8, 4) is 0 Å². The molecule has 0 saturated carbocycles. The lowest BCUT2D eigenvalue weighted by atomic mass is 10.1. The molecule has 4 nitrogen and oxygen atoms in total. The van der Waals surface area contributed by atoms with E-state index in [0.29, 0.717) is 14.8 Å². The first-order valence-corrected chi connectivity index (χ1v) is 6.61. The minimum Gasteiger partial charge on any atom is -0.479 e. The zero-order valence-electron chi connectivity index (χ0n) is 9.67. The van der Waals surface area contributed by atoms with Gasteiger partial charge in [-0.05, 0) is 17.7 Å². The Balaban J connectivity index is 2.18. The van der Waals surface area contributed by atoms with Crippen LogP contribution in [0.4, 0.5) is 0 Å². The number of carboxylic acids is 1. The van der Waals surface area contributed by atoms with Crippen molar-refractivity contribution in [3.05, 3.63) is 57.2 Å². The number of hydrogen-bond acceptors (Lipinski definition) is 3. The van der Waals surface area contributed by atoms with Gasteiger partial charge in [0, 0.05) is 0 Å². The van der Waals surface area contributed by atoms with Crippen LogP contribution in [0.15, 0.2) is 42.5 Å². The number of nitrogens with one attached hydrogen (secondary N) is 1. The highest BCUT2D eigenvalue weighted by atomic mass is 35.5. The Bertz CT molecular complexity index is 597. The first-order valence-electron chi connectivity index (χ1n) is 5.42. The van der Waals surface area contributed by atoms with Crippen LogP contribution in [-0.2, 0) is 4.79 Å². The van der Waals surface area contributed by atoms with Crippen LogP contribution in [0.2, 0.25) is 4.34 Å². The molecular formula is C13H10ClNO3S. The Morgan fingerprint density at radius 1 is 1.16 bits per heavy atom. The highest BCUT2D eigenvalue weighted by molar-refractivity contribution is 7.18. The van der Waals surface area contributed by atoms with Crippen LogP contribution in [0.3, 0.4) is 0 Å². The van der Waals surface area contributed by atoms with Gasteiger partial charge in [0.15, 0.2) is 6.04 Å². The van der Waals surface area contributed by atoms with Crippen molar-refractivity contribution < 1.29 is 14.7 Å². The van der Waals surface area contributed by atoms with Crippen LogP contribution < -0.4 is 5.32 Å². The van der Waals surface area contributed by atoms with E-state index in [-0.39, 0.29) is 0 Å². The maximum absolute atomic E-state index is 11.9. The maximum Gasteiger partial charge on any atom is 0.330 e. The van der Waals surface area contributed by atoms with Crippen molar-refractivity contribution in [1.29, 1.82) is 0 Å². The Kier molecular flexibility index (Phi) is 4.19. The number of rotatable bonds is 4. The van der Waals surface area contributed by atoms with Gasteiger partial charge in [0.2, 0.25) is 0 Å². The standard InChI is InChI=1S/C13H10ClNO3S/c14-10-7-6-9(19-10)12(16)15-11(13(17)18)8-4-2-1-3-5-8/h1-7,11H,(H,15,16)(H,17,18)/t11-/m1/s1. The number of carbonyl (C=O) groups excluding carboxylic acids is 1. The molecular weight excluding hydrogens is 286 g/mol. The molecule has 6 heteroatoms. The zero-order chi connectivity index (χ0) is 13.8. The quantitative estimate of drug-likeness (QED) is 0.911. The van der Waals surface area contributed by atoms with E-state index in [1.807, 2.05) is 0 Å². The summed E-state index contributed by atoms with van der Waals surface area (Å²) in [6.07, 6.45) is 0. The number of hydrogen-bond donors (Lipinski definition) is 2. The van der Waals surface area contributed by atoms with Crippen molar-refractivity contribution in [2.24, 2.45) is 0 Å². The van der Waals surface area contributed by atoms with Gasteiger partial charge in [0.05, 0.1) is 9.21 Å². The highest BCUT2D eigenvalue weighted by Crippen LogP contribution is 2.22. The molecule has 0 bridgehead atoms. The molecule has 2 rings (SSSR count). The van der Waals surface area contributed by atoms with Gasteiger partial charge in [-0.1, -0.05) is 41.9 Å². The van der Waals surface area contributed by atoms with Crippen LogP contribution >= 0.6 is 22.9 Å². The molecule has 1 heterocycles. The normalized spacial score (nSPS) is 11.8. The molecule has 0 radical (unpaired) electrons. The molecule has 0 aliphatic rings. The van der Waals surface area contributed by atoms with Gasteiger partial charge in [0.25, 0.3) is 5.91 Å². The number of halogens is 1. The molecule has 98 valence electrons. The molecule has 0 spiro atoms. The lowest BCUT2D eigenvalue weighted by Crippen LogP contribution is -2.33. The molecule has 0 saturated heterocycles. The molecule has 0 fully saturated rings. The fraction of sp³-hybridized carbons (Fsp3) is 0.0769. The van der Waals surface area contributed by atoms with E-state index in [2.05, 4.69) is 5.32 Å². The lowest BCUT2D eigenvalue weighted by molar-refractivity contribution is -0.139. The van der Waals surface area contributed by atoms with E-state index in [1.165, 1.54) is 0 Å². The van der Waals surface area contributed by atoms with E-state index in [0.717, 1.165) is 11.3 Å². The van der Waals surface area contributed by atoms with Crippen LogP contribution in [0.1, 0.15) is 21.3 Å². The number of thiophene rings is 1. The summed E-state index contributed by atoms with van der Waals surface area (Å²) in [5.74, 6) is -1.56. The third-order valence-electron chi connectivity index (χ3n) is 2.45. The van der Waals surface area contributed by atoms with Gasteiger partial charge in [-0.15, -0.1) is 11.3 Å². The summed E-state index contributed by atoms with van der Waals surface area (Å²) in [5.41, 5.74) is 0.519. The van der Waals surface area contributed by atoms with E-state index in [1.54, 1.807) is 42.5 Å². The molecule has 2 N–H and O–H groups in total. The minimum absolute atomic E-state index is 0.382. The van der Waals surface area contributed by atoms with Gasteiger partial charge in [-0.3, -0.25) is 4.79 Å². The summed E-state index contributed by atoms with van der Waals surface area (Å²) in [6.45, 7) is 0. The summed E-state index contributed by atoms with van der Waals surface area (Å²) in [7, 11) is 0. The van der Waals surface area contributed by atoms with E-state index in [4.69, 9.17) is 11.6 Å². The molecule has 0 aliphatic carbocycles. The lowest BCUT2D eigenvalue weighted by Gasteiger charge is -2.14. The molecule has 2 aromatic rings. The summed E-state index contributed by atoms with van der Waals surface area (Å²) in [6, 6.07) is 10.6. The van der Waals surface area contributed by atoms with E-state index < -0.39 is 17.9 Å². The first kappa shape index (κ1) is 13.6. The number of benzene rings is 1. The van der Waals surface area contributed by atoms with Crippen LogP contribution in [0, 0.1) is 0 Å². The third-order valence-corrected chi connectivity index (χ3v) is 3.68. The third kappa shape index (κ3) is 3.33. The Labute approximate surface area is 118 Å². The average Bonchev–Trinajstić information content (AvgIpc) is 2.83. The number of aliphatic carboxylic acids is 1. The fourth-order valence-corrected chi connectivity index (χ4v) is 2.52. The first-order chi connectivity index (χ1) is 9.08. The van der Waals surface area contributed by atoms with Crippen LogP contribution in [0.25, 0.3) is 0 Å². The zero-order valence-corrected chi connectivity index (χ0v) is 11.2. The molecule has 1 atom stereocenters. The topological polar surface area (TPSA) is 66.4 Å². The number of carbonyl (C=O) groups is 2. The van der Waals surface area contributed by atoms with Crippen LogP contribution in [0.5, 0.6) is 0 Å². The smallest absolute Gasteiger partial charge is 0.330 e. The summed E-state index contributed by atoms with van der Waals surface area (Å²) >= 11 is 6.85. The van der Waals surface area contributed by atoms with Crippen molar-refractivity contribution >= 4 is 34.8 Å². The van der Waals surface area contributed by atoms with Crippen molar-refractivity contribution in [1.82, 2.24) is 5.32 Å². The Morgan fingerprint density at radius 2 is 1.84 bits per heavy atom. The van der Waals surface area contributed by atoms with Gasteiger partial charge in [0.1, 0.15) is 0 Å². The number of carboxylic acid groups (broad SMARTS) is 1. The van der Waals surface area contributed by atoms with Crippen molar-refractivity contribution in [3.63, 3.8) is 0 Å². The van der Waals surface area contributed by atoms with Crippen molar-refractivity contribution in [2.75, 3.05) is 0 Å². The summed E-state index contributed by atoms with van der Waals surface area (Å²) in [5, 5.41) is 11.7. The van der Waals surface area contributed by atoms with Gasteiger partial charge in [-0.2, -0.15) is 0 Å². The van der Waals surface area contributed by atoms with E-state index >= 15 is 0 Å². The van der Waals surface area contributed by atoms with Crippen molar-refractivity contribution in [2.45, 2.75) is 6.04 Å². The minimum atomic E-state index is -1.11. The number of amides is 1. The summed E-state index contributed by atoms with van der Waals surface area (Å²) in [4.78, 5) is 23.5. The second kappa shape index (κ2) is 5.86. The van der Waals surface area contributed by atoms with E-state index in [9.17, 15) is 14.7 Å². The molecule has 1 aromatic heterocycles.